The van der Waals surface area contributed by atoms with Crippen molar-refractivity contribution in [1.82, 2.24) is 19.7 Å². The number of nitrogens with two attached hydrogens (primary N) is 1. The number of nitrogens with zero attached hydrogens (tertiary/aromatic N) is 4. The van der Waals surface area contributed by atoms with Crippen LogP contribution in [0.5, 0.6) is 0 Å². The zero-order valence-electron chi connectivity index (χ0n) is 15.7. The van der Waals surface area contributed by atoms with Crippen LogP contribution in [0.2, 0.25) is 0 Å². The summed E-state index contributed by atoms with van der Waals surface area (Å²) in [6, 6.07) is 17.3. The Balaban J connectivity index is 1.67. The van der Waals surface area contributed by atoms with E-state index in [2.05, 4.69) is 20.4 Å². The van der Waals surface area contributed by atoms with Crippen molar-refractivity contribution in [3.8, 4) is 11.4 Å². The Morgan fingerprint density at radius 3 is 2.46 bits per heavy atom. The molecule has 0 spiro atoms. The summed E-state index contributed by atoms with van der Waals surface area (Å²) in [6.45, 7) is 3.87. The van der Waals surface area contributed by atoms with Crippen LogP contribution in [-0.4, -0.2) is 25.7 Å². The smallest absolute Gasteiger partial charge is 0.246 e. The number of anilines is 2. The quantitative estimate of drug-likeness (QED) is 0.572. The average molecular weight is 372 g/mol. The van der Waals surface area contributed by atoms with Crippen LogP contribution in [-0.2, 0) is 11.3 Å². The largest absolute Gasteiger partial charge is 0.382 e. The number of rotatable bonds is 4. The van der Waals surface area contributed by atoms with E-state index in [1.807, 2.05) is 68.4 Å². The summed E-state index contributed by atoms with van der Waals surface area (Å²) < 4.78 is 1.52. The predicted octanol–water partition coefficient (Wildman–Crippen LogP) is 3.33. The molecule has 7 heteroatoms. The summed E-state index contributed by atoms with van der Waals surface area (Å²) >= 11 is 0. The van der Waals surface area contributed by atoms with Crippen molar-refractivity contribution in [1.29, 1.82) is 0 Å². The normalized spacial score (nSPS) is 10.9. The van der Waals surface area contributed by atoms with E-state index < -0.39 is 0 Å². The molecule has 2 aromatic heterocycles. The third kappa shape index (κ3) is 3.42. The van der Waals surface area contributed by atoms with Gasteiger partial charge in [0, 0.05) is 11.3 Å². The topological polar surface area (TPSA) is 98.7 Å². The van der Waals surface area contributed by atoms with Gasteiger partial charge in [-0.15, -0.1) is 0 Å². The van der Waals surface area contributed by atoms with E-state index in [1.54, 1.807) is 0 Å². The molecular formula is C21H20N6O. The molecule has 0 aliphatic heterocycles. The number of hydrogen-bond acceptors (Lipinski definition) is 5. The summed E-state index contributed by atoms with van der Waals surface area (Å²) in [5.74, 6) is 0.687. The van der Waals surface area contributed by atoms with Crippen LogP contribution in [0.25, 0.3) is 22.4 Å². The van der Waals surface area contributed by atoms with Crippen molar-refractivity contribution in [3.63, 3.8) is 0 Å². The fourth-order valence-corrected chi connectivity index (χ4v) is 3.07. The molecule has 0 aliphatic carbocycles. The Morgan fingerprint density at radius 2 is 1.75 bits per heavy atom. The molecule has 7 nitrogen and oxygen atoms in total. The fourth-order valence-electron chi connectivity index (χ4n) is 3.07. The lowest BCUT2D eigenvalue weighted by atomic mass is 10.2. The number of fused-ring (bicyclic) bond motifs is 1. The van der Waals surface area contributed by atoms with Crippen LogP contribution in [0, 0.1) is 13.8 Å². The van der Waals surface area contributed by atoms with Crippen LogP contribution >= 0.6 is 0 Å². The van der Waals surface area contributed by atoms with Gasteiger partial charge in [0.25, 0.3) is 0 Å². The predicted molar refractivity (Wildman–Crippen MR) is 110 cm³/mol. The molecule has 0 bridgehead atoms. The number of hydrogen-bond donors (Lipinski definition) is 2. The zero-order valence-corrected chi connectivity index (χ0v) is 15.7. The van der Waals surface area contributed by atoms with Crippen molar-refractivity contribution in [2.24, 2.45) is 0 Å². The third-order valence-electron chi connectivity index (χ3n) is 4.46. The number of nitrogens with one attached hydrogen (secondary N) is 1. The van der Waals surface area contributed by atoms with Crippen LogP contribution in [0.1, 0.15) is 11.3 Å². The average Bonchev–Trinajstić information content (AvgIpc) is 3.00. The highest BCUT2D eigenvalue weighted by Gasteiger charge is 2.17. The van der Waals surface area contributed by atoms with Gasteiger partial charge in [-0.25, -0.2) is 14.6 Å². The molecular weight excluding hydrogens is 352 g/mol. The molecule has 2 aromatic carbocycles. The lowest BCUT2D eigenvalue weighted by Gasteiger charge is -2.07. The lowest BCUT2D eigenvalue weighted by Crippen LogP contribution is -2.20. The number of aromatic nitrogens is 4. The molecule has 2 heterocycles. The highest BCUT2D eigenvalue weighted by molar-refractivity contribution is 5.93. The van der Waals surface area contributed by atoms with Gasteiger partial charge in [0.15, 0.2) is 17.3 Å². The summed E-state index contributed by atoms with van der Waals surface area (Å²) in [4.78, 5) is 21.7. The SMILES string of the molecule is Cc1ccc(NC(=O)Cn2nc(N)c3c(C)nc(-c4ccccc4)nc32)cc1. The maximum Gasteiger partial charge on any atom is 0.246 e. The van der Waals surface area contributed by atoms with Crippen LogP contribution in [0.15, 0.2) is 54.6 Å². The van der Waals surface area contributed by atoms with E-state index in [1.165, 1.54) is 4.68 Å². The molecule has 3 N–H and O–H groups in total. The van der Waals surface area contributed by atoms with Crippen molar-refractivity contribution in [2.75, 3.05) is 11.1 Å². The van der Waals surface area contributed by atoms with Crippen molar-refractivity contribution in [2.45, 2.75) is 20.4 Å². The van der Waals surface area contributed by atoms with E-state index in [9.17, 15) is 4.79 Å². The standard InChI is InChI=1S/C21H20N6O/c1-13-8-10-16(11-9-13)24-17(28)12-27-21-18(19(22)26-27)14(2)23-20(25-21)15-6-4-3-5-7-15/h3-11H,12H2,1-2H3,(H2,22,26)(H,24,28). The monoisotopic (exact) mass is 372 g/mol. The number of nitrogen functional groups attached to an aromatic ring is 1. The first-order chi connectivity index (χ1) is 13.5. The molecule has 0 saturated heterocycles. The van der Waals surface area contributed by atoms with Gasteiger partial charge in [-0.2, -0.15) is 5.10 Å². The highest BCUT2D eigenvalue weighted by atomic mass is 16.2. The van der Waals surface area contributed by atoms with Gasteiger partial charge in [0.2, 0.25) is 5.91 Å². The Bertz CT molecular complexity index is 1150. The number of benzene rings is 2. The lowest BCUT2D eigenvalue weighted by molar-refractivity contribution is -0.116. The van der Waals surface area contributed by atoms with Crippen LogP contribution in [0.3, 0.4) is 0 Å². The molecule has 140 valence electrons. The maximum absolute atomic E-state index is 12.5. The molecule has 4 rings (SSSR count). The fraction of sp³-hybridized carbons (Fsp3) is 0.143. The number of carbonyl (C=O) groups excluding carboxylic acids is 1. The minimum atomic E-state index is -0.203. The Hall–Kier alpha value is -3.74. The van der Waals surface area contributed by atoms with Gasteiger partial charge in [0.05, 0.1) is 11.1 Å². The Labute approximate surface area is 162 Å². The van der Waals surface area contributed by atoms with Gasteiger partial charge >= 0.3 is 0 Å². The third-order valence-corrected chi connectivity index (χ3v) is 4.46. The molecule has 1 amide bonds. The highest BCUT2D eigenvalue weighted by Crippen LogP contribution is 2.25. The molecule has 0 saturated carbocycles. The summed E-state index contributed by atoms with van der Waals surface area (Å²) in [5, 5.41) is 7.85. The summed E-state index contributed by atoms with van der Waals surface area (Å²) in [5.41, 5.74) is 10.1. The second-order valence-corrected chi connectivity index (χ2v) is 6.65. The van der Waals surface area contributed by atoms with Crippen molar-refractivity contribution < 1.29 is 4.79 Å². The molecule has 0 unspecified atom stereocenters. The van der Waals surface area contributed by atoms with Crippen molar-refractivity contribution >= 4 is 28.4 Å². The van der Waals surface area contributed by atoms with Crippen LogP contribution < -0.4 is 11.1 Å². The van der Waals surface area contributed by atoms with Gasteiger partial charge in [-0.3, -0.25) is 4.79 Å². The van der Waals surface area contributed by atoms with Gasteiger partial charge in [-0.05, 0) is 26.0 Å². The van der Waals surface area contributed by atoms with E-state index in [0.29, 0.717) is 22.7 Å². The van der Waals surface area contributed by atoms with Gasteiger partial charge in [-0.1, -0.05) is 48.0 Å². The summed E-state index contributed by atoms with van der Waals surface area (Å²) in [7, 11) is 0. The van der Waals surface area contributed by atoms with E-state index in [4.69, 9.17) is 5.73 Å². The minimum Gasteiger partial charge on any atom is -0.382 e. The van der Waals surface area contributed by atoms with Gasteiger partial charge < -0.3 is 11.1 Å². The first kappa shape index (κ1) is 17.7. The van der Waals surface area contributed by atoms with Crippen LogP contribution in [0.4, 0.5) is 11.5 Å². The number of aryl methyl sites for hydroxylation is 2. The Kier molecular flexibility index (Phi) is 4.49. The van der Waals surface area contributed by atoms with E-state index in [0.717, 1.165) is 22.5 Å². The molecule has 28 heavy (non-hydrogen) atoms. The second-order valence-electron chi connectivity index (χ2n) is 6.65. The van der Waals surface area contributed by atoms with E-state index in [-0.39, 0.29) is 12.5 Å². The molecule has 0 aliphatic rings. The first-order valence-corrected chi connectivity index (χ1v) is 8.94. The molecule has 0 fully saturated rings. The first-order valence-electron chi connectivity index (χ1n) is 8.94. The van der Waals surface area contributed by atoms with Crippen molar-refractivity contribution in [3.05, 3.63) is 65.9 Å². The number of amides is 1. The zero-order chi connectivity index (χ0) is 19.7. The molecule has 0 atom stereocenters. The van der Waals surface area contributed by atoms with E-state index >= 15 is 0 Å². The minimum absolute atomic E-state index is 0.00621. The van der Waals surface area contributed by atoms with Gasteiger partial charge in [0.1, 0.15) is 6.54 Å². The Morgan fingerprint density at radius 1 is 1.04 bits per heavy atom. The number of carbonyl (C=O) groups is 1. The second kappa shape index (κ2) is 7.11. The molecule has 0 radical (unpaired) electrons. The summed E-state index contributed by atoms with van der Waals surface area (Å²) in [6.07, 6.45) is 0. The maximum atomic E-state index is 12.5. The molecule has 4 aromatic rings.